The van der Waals surface area contributed by atoms with Crippen LogP contribution in [0.15, 0.2) is 4.99 Å². The molecule has 6 atom stereocenters. The Labute approximate surface area is 149 Å². The fourth-order valence-corrected chi connectivity index (χ4v) is 5.17. The minimum absolute atomic E-state index is 0.101. The molecule has 4 N–H and O–H groups in total. The molecule has 2 rings (SSSR count). The normalized spacial score (nSPS) is 36.0. The van der Waals surface area contributed by atoms with E-state index < -0.39 is 54.5 Å². The molecule has 0 aromatic heterocycles. The summed E-state index contributed by atoms with van der Waals surface area (Å²) >= 11 is 0. The number of halogens is 3. The van der Waals surface area contributed by atoms with Crippen LogP contribution in [0.4, 0.5) is 13.2 Å². The van der Waals surface area contributed by atoms with E-state index in [0.29, 0.717) is 0 Å². The van der Waals surface area contributed by atoms with E-state index in [4.69, 9.17) is 14.7 Å². The fraction of sp³-hybridized carbons (Fsp3) is 0.875. The molecule has 13 nitrogen and oxygen atoms in total. The zero-order valence-electron chi connectivity index (χ0n) is 12.9. The maximum Gasteiger partial charge on any atom is 0.490 e. The number of nitrogens with zero attached hydrogens (tertiary/aromatic N) is 2. The van der Waals surface area contributed by atoms with Crippen LogP contribution in [0, 0.1) is 0 Å². The minimum Gasteiger partial charge on any atom is -0.333 e. The zero-order valence-corrected chi connectivity index (χ0v) is 15.6. The molecule has 27 heavy (non-hydrogen) atoms. The van der Waals surface area contributed by atoms with Crippen LogP contribution in [0.1, 0.15) is 0 Å². The molecule has 2 heterocycles. The zero-order chi connectivity index (χ0) is 20.7. The summed E-state index contributed by atoms with van der Waals surface area (Å²) in [6.07, 6.45) is -6.15. The average Bonchev–Trinajstić information content (AvgIpc) is 3.06. The summed E-state index contributed by atoms with van der Waals surface area (Å²) in [6.45, 7) is -1.44. The molecule has 0 aromatic carbocycles. The molecule has 2 aliphatic heterocycles. The highest BCUT2D eigenvalue weighted by Gasteiger charge is 2.60. The van der Waals surface area contributed by atoms with Gasteiger partial charge in [-0.3, -0.25) is 9.52 Å². The molecule has 0 aliphatic carbocycles. The Hall–Kier alpha value is -0.370. The van der Waals surface area contributed by atoms with Crippen molar-refractivity contribution in [3.05, 3.63) is 0 Å². The molecule has 1 fully saturated rings. The van der Waals surface area contributed by atoms with Crippen molar-refractivity contribution in [2.24, 2.45) is 4.99 Å². The van der Waals surface area contributed by atoms with Crippen LogP contribution < -0.4 is 0 Å². The van der Waals surface area contributed by atoms with Gasteiger partial charge in [0.15, 0.2) is 18.6 Å². The Bertz CT molecular complexity index is 736. The molecule has 0 amide bonds. The van der Waals surface area contributed by atoms with E-state index in [2.05, 4.69) is 22.9 Å². The van der Waals surface area contributed by atoms with Crippen molar-refractivity contribution in [3.8, 4) is 0 Å². The van der Waals surface area contributed by atoms with E-state index >= 15 is 0 Å². The third-order valence-corrected chi connectivity index (χ3v) is 6.95. The number of aliphatic imine (C=N–C) groups is 1. The van der Waals surface area contributed by atoms with E-state index in [0.717, 1.165) is 11.2 Å². The van der Waals surface area contributed by atoms with Gasteiger partial charge in [0, 0.05) is 6.54 Å². The van der Waals surface area contributed by atoms with Gasteiger partial charge in [0.05, 0.1) is 12.9 Å². The highest BCUT2D eigenvalue weighted by atomic mass is 31.3. The van der Waals surface area contributed by atoms with Crippen LogP contribution in [0.25, 0.3) is 0 Å². The molecule has 0 aromatic rings. The highest BCUT2D eigenvalue weighted by molar-refractivity contribution is 7.66. The lowest BCUT2D eigenvalue weighted by atomic mass is 10.1. The predicted octanol–water partition coefficient (Wildman–Crippen LogP) is 0.372. The summed E-state index contributed by atoms with van der Waals surface area (Å²) in [5.74, 6) is -3.58. The minimum atomic E-state index is -5.83. The molecule has 19 heteroatoms. The summed E-state index contributed by atoms with van der Waals surface area (Å²) in [6, 6.07) is 0. The molecule has 0 saturated carbocycles. The Morgan fingerprint density at radius 1 is 1.19 bits per heavy atom. The van der Waals surface area contributed by atoms with E-state index in [1.165, 1.54) is 0 Å². The summed E-state index contributed by atoms with van der Waals surface area (Å²) < 4.78 is 90.8. The summed E-state index contributed by atoms with van der Waals surface area (Å²) in [7, 11) is -17.2. The lowest BCUT2D eigenvalue weighted by molar-refractivity contribution is -0.196. The number of rotatable bonds is 8. The predicted molar refractivity (Wildman–Crippen MR) is 78.4 cm³/mol. The van der Waals surface area contributed by atoms with Crippen LogP contribution >= 0.6 is 23.5 Å². The topological polar surface area (TPSA) is 185 Å². The number of hydrogen-bond donors (Lipinski definition) is 4. The number of phosphoric acid groups is 3. The summed E-state index contributed by atoms with van der Waals surface area (Å²) in [5.41, 5.74) is 0. The first-order valence-electron chi connectivity index (χ1n) is 6.83. The van der Waals surface area contributed by atoms with Gasteiger partial charge in [-0.15, -0.1) is 0 Å². The van der Waals surface area contributed by atoms with Crippen LogP contribution in [-0.4, -0.2) is 74.9 Å². The molecular formula is C8H14F3N2O11P3. The molecule has 1 saturated heterocycles. The van der Waals surface area contributed by atoms with Gasteiger partial charge in [0.2, 0.25) is 0 Å². The van der Waals surface area contributed by atoms with Crippen LogP contribution in [0.2, 0.25) is 0 Å². The standard InChI is InChI=1S/C8H14F3N2O11P3/c9-5-6(10)8(11,22-7(5)13-2-1-12-4-13)3-21-26(17,18)24-27(19,20)23-25(14,15)16/h4-7H,1-3H2,(H,17,18)(H,19,20)(H2,14,15,16)/t5-,6+,7-,8-/m1/s1. The first-order chi connectivity index (χ1) is 12.1. The SMILES string of the molecule is O=P(O)(O)OP(=O)(O)OP(=O)(O)OC[C@@]1(F)O[C@@H](N2C=NCC2)[C@H](F)[C@@H]1F. The second kappa shape index (κ2) is 7.81. The fourth-order valence-electron chi connectivity index (χ4n) is 2.14. The van der Waals surface area contributed by atoms with Crippen LogP contribution in [-0.2, 0) is 31.6 Å². The lowest BCUT2D eigenvalue weighted by Crippen LogP contribution is -2.39. The smallest absolute Gasteiger partial charge is 0.333 e. The van der Waals surface area contributed by atoms with Gasteiger partial charge < -0.3 is 29.2 Å². The van der Waals surface area contributed by atoms with Gasteiger partial charge in [-0.25, -0.2) is 26.9 Å². The molecule has 158 valence electrons. The van der Waals surface area contributed by atoms with Gasteiger partial charge in [-0.05, 0) is 0 Å². The number of hydrogen-bond acceptors (Lipinski definition) is 9. The van der Waals surface area contributed by atoms with Crippen molar-refractivity contribution in [3.63, 3.8) is 0 Å². The maximum atomic E-state index is 14.5. The monoisotopic (exact) mass is 464 g/mol. The van der Waals surface area contributed by atoms with Gasteiger partial charge in [0.1, 0.15) is 6.61 Å². The summed E-state index contributed by atoms with van der Waals surface area (Å²) in [5, 5.41) is 0. The van der Waals surface area contributed by atoms with Gasteiger partial charge in [-0.1, -0.05) is 0 Å². The number of ether oxygens (including phenoxy) is 1. The highest BCUT2D eigenvalue weighted by Crippen LogP contribution is 2.66. The Balaban J connectivity index is 2.01. The molecule has 2 aliphatic rings. The van der Waals surface area contributed by atoms with Gasteiger partial charge in [-0.2, -0.15) is 8.62 Å². The van der Waals surface area contributed by atoms with E-state index in [1.807, 2.05) is 0 Å². The van der Waals surface area contributed by atoms with E-state index in [9.17, 15) is 31.8 Å². The average molecular weight is 464 g/mol. The third kappa shape index (κ3) is 6.05. The first-order valence-corrected chi connectivity index (χ1v) is 11.4. The second-order valence-electron chi connectivity index (χ2n) is 5.26. The van der Waals surface area contributed by atoms with Gasteiger partial charge >= 0.3 is 23.5 Å². The van der Waals surface area contributed by atoms with Crippen molar-refractivity contribution < 1.29 is 64.3 Å². The third-order valence-electron chi connectivity index (χ3n) is 3.17. The molecule has 0 radical (unpaired) electrons. The Morgan fingerprint density at radius 3 is 2.33 bits per heavy atom. The molecule has 0 spiro atoms. The van der Waals surface area contributed by atoms with Crippen LogP contribution in [0.5, 0.6) is 0 Å². The molecular weight excluding hydrogens is 450 g/mol. The summed E-state index contributed by atoms with van der Waals surface area (Å²) in [4.78, 5) is 39.7. The largest absolute Gasteiger partial charge is 0.490 e. The van der Waals surface area contributed by atoms with Crippen LogP contribution in [0.3, 0.4) is 0 Å². The second-order valence-corrected chi connectivity index (χ2v) is 9.68. The van der Waals surface area contributed by atoms with Crippen molar-refractivity contribution in [2.75, 3.05) is 19.7 Å². The van der Waals surface area contributed by atoms with E-state index in [-0.39, 0.29) is 13.1 Å². The van der Waals surface area contributed by atoms with Crippen molar-refractivity contribution in [2.45, 2.75) is 24.4 Å². The van der Waals surface area contributed by atoms with Crippen molar-refractivity contribution >= 4 is 29.8 Å². The van der Waals surface area contributed by atoms with Crippen molar-refractivity contribution in [1.82, 2.24) is 4.90 Å². The first kappa shape index (κ1) is 22.9. The number of alkyl halides is 3. The van der Waals surface area contributed by atoms with E-state index in [1.54, 1.807) is 0 Å². The lowest BCUT2D eigenvalue weighted by Gasteiger charge is -2.25. The molecule has 0 bridgehead atoms. The van der Waals surface area contributed by atoms with Crippen molar-refractivity contribution in [1.29, 1.82) is 0 Å². The molecule has 2 unspecified atom stereocenters. The Kier molecular flexibility index (Phi) is 6.62. The van der Waals surface area contributed by atoms with Gasteiger partial charge in [0.25, 0.3) is 5.85 Å². The Morgan fingerprint density at radius 2 is 1.81 bits per heavy atom. The number of phosphoric ester groups is 1. The maximum absolute atomic E-state index is 14.5. The quantitative estimate of drug-likeness (QED) is 0.363.